The fourth-order valence-electron chi connectivity index (χ4n) is 3.19. The lowest BCUT2D eigenvalue weighted by molar-refractivity contribution is -0.383. The zero-order valence-corrected chi connectivity index (χ0v) is 12.0. The van der Waals surface area contributed by atoms with Gasteiger partial charge in [0, 0.05) is 12.1 Å². The van der Waals surface area contributed by atoms with Crippen LogP contribution in [-0.2, 0) is 0 Å². The molecule has 1 N–H and O–H groups in total. The Labute approximate surface area is 122 Å². The fourth-order valence-corrected chi connectivity index (χ4v) is 3.19. The molecule has 3 rings (SSSR count). The number of benzene rings is 1. The SMILES string of the molecule is CCC1CCCCC1Nc1nc2c([N+](=O)[O-])cccc2o1. The molecule has 1 aliphatic rings. The Morgan fingerprint density at radius 2 is 2.24 bits per heavy atom. The number of rotatable bonds is 4. The summed E-state index contributed by atoms with van der Waals surface area (Å²) in [6.45, 7) is 2.20. The lowest BCUT2D eigenvalue weighted by Gasteiger charge is -2.30. The van der Waals surface area contributed by atoms with Crippen molar-refractivity contribution in [1.29, 1.82) is 0 Å². The molecular formula is C15H19N3O3. The van der Waals surface area contributed by atoms with Crippen molar-refractivity contribution in [2.45, 2.75) is 45.1 Å². The third kappa shape index (κ3) is 2.70. The summed E-state index contributed by atoms with van der Waals surface area (Å²) in [5.74, 6) is 0.615. The molecular weight excluding hydrogens is 270 g/mol. The predicted molar refractivity (Wildman–Crippen MR) is 80.3 cm³/mol. The molecule has 112 valence electrons. The number of hydrogen-bond donors (Lipinski definition) is 1. The van der Waals surface area contributed by atoms with Crippen LogP contribution in [0, 0.1) is 16.0 Å². The molecule has 0 saturated heterocycles. The first-order valence-corrected chi connectivity index (χ1v) is 7.49. The number of nitrogens with one attached hydrogen (secondary N) is 1. The van der Waals surface area contributed by atoms with Crippen LogP contribution in [0.2, 0.25) is 0 Å². The third-order valence-electron chi connectivity index (χ3n) is 4.34. The largest absolute Gasteiger partial charge is 0.423 e. The van der Waals surface area contributed by atoms with Crippen LogP contribution >= 0.6 is 0 Å². The van der Waals surface area contributed by atoms with Crippen molar-refractivity contribution in [2.75, 3.05) is 5.32 Å². The molecule has 1 heterocycles. The molecule has 1 fully saturated rings. The van der Waals surface area contributed by atoms with Crippen LogP contribution in [0.25, 0.3) is 11.1 Å². The Bertz CT molecular complexity index is 653. The third-order valence-corrected chi connectivity index (χ3v) is 4.34. The topological polar surface area (TPSA) is 81.2 Å². The van der Waals surface area contributed by atoms with Crippen molar-refractivity contribution in [3.8, 4) is 0 Å². The Morgan fingerprint density at radius 3 is 3.00 bits per heavy atom. The van der Waals surface area contributed by atoms with Crippen molar-refractivity contribution in [2.24, 2.45) is 5.92 Å². The highest BCUT2D eigenvalue weighted by atomic mass is 16.6. The van der Waals surface area contributed by atoms with E-state index in [4.69, 9.17) is 4.42 Å². The van der Waals surface area contributed by atoms with E-state index in [1.54, 1.807) is 12.1 Å². The fraction of sp³-hybridized carbons (Fsp3) is 0.533. The Kier molecular flexibility index (Phi) is 3.77. The molecule has 1 aliphatic carbocycles. The molecule has 6 heteroatoms. The summed E-state index contributed by atoms with van der Waals surface area (Å²) in [7, 11) is 0. The van der Waals surface area contributed by atoms with Gasteiger partial charge >= 0.3 is 0 Å². The molecule has 1 aromatic heterocycles. The minimum absolute atomic E-state index is 0.0139. The van der Waals surface area contributed by atoms with Crippen molar-refractivity contribution >= 4 is 22.8 Å². The van der Waals surface area contributed by atoms with Gasteiger partial charge in [-0.3, -0.25) is 10.1 Å². The van der Waals surface area contributed by atoms with Crippen LogP contribution in [0.1, 0.15) is 39.0 Å². The smallest absolute Gasteiger partial charge is 0.298 e. The number of hydrogen-bond acceptors (Lipinski definition) is 5. The second-order valence-corrected chi connectivity index (χ2v) is 5.60. The quantitative estimate of drug-likeness (QED) is 0.676. The van der Waals surface area contributed by atoms with Gasteiger partial charge in [0.2, 0.25) is 0 Å². The number of fused-ring (bicyclic) bond motifs is 1. The van der Waals surface area contributed by atoms with E-state index >= 15 is 0 Å². The van der Waals surface area contributed by atoms with Crippen LogP contribution < -0.4 is 5.32 Å². The normalized spacial score (nSPS) is 22.3. The minimum Gasteiger partial charge on any atom is -0.423 e. The van der Waals surface area contributed by atoms with Crippen LogP contribution in [0.4, 0.5) is 11.7 Å². The first-order chi connectivity index (χ1) is 10.2. The summed E-state index contributed by atoms with van der Waals surface area (Å²) < 4.78 is 5.63. The van der Waals surface area contributed by atoms with Gasteiger partial charge in [0.15, 0.2) is 11.1 Å². The second-order valence-electron chi connectivity index (χ2n) is 5.60. The number of nitro groups is 1. The molecule has 0 aliphatic heterocycles. The molecule has 0 amide bonds. The first-order valence-electron chi connectivity index (χ1n) is 7.49. The summed E-state index contributed by atoms with van der Waals surface area (Å²) in [5, 5.41) is 14.4. The number of oxazole rings is 1. The van der Waals surface area contributed by atoms with Crippen molar-refractivity contribution < 1.29 is 9.34 Å². The lowest BCUT2D eigenvalue weighted by Crippen LogP contribution is -2.31. The first kappa shape index (κ1) is 13.9. The summed E-state index contributed by atoms with van der Waals surface area (Å²) in [5.41, 5.74) is 0.754. The number of para-hydroxylation sites is 1. The number of non-ortho nitro benzene ring substituents is 1. The van der Waals surface area contributed by atoms with Crippen LogP contribution in [0.3, 0.4) is 0 Å². The molecule has 1 saturated carbocycles. The molecule has 0 spiro atoms. The standard InChI is InChI=1S/C15H19N3O3/c1-2-10-6-3-4-7-11(10)16-15-17-14-12(18(19)20)8-5-9-13(14)21-15/h5,8-11H,2-4,6-7H2,1H3,(H,16,17). The maximum Gasteiger partial charge on any atom is 0.298 e. The zero-order chi connectivity index (χ0) is 14.8. The minimum atomic E-state index is -0.426. The highest BCUT2D eigenvalue weighted by Gasteiger charge is 2.25. The predicted octanol–water partition coefficient (Wildman–Crippen LogP) is 4.12. The zero-order valence-electron chi connectivity index (χ0n) is 12.0. The summed E-state index contributed by atoms with van der Waals surface area (Å²) >= 11 is 0. The van der Waals surface area contributed by atoms with Crippen molar-refractivity contribution in [1.82, 2.24) is 4.98 Å². The molecule has 6 nitrogen and oxygen atoms in total. The number of nitro benzene ring substituents is 1. The number of anilines is 1. The van der Waals surface area contributed by atoms with Gasteiger partial charge in [-0.1, -0.05) is 32.3 Å². The van der Waals surface area contributed by atoms with Crippen LogP contribution in [0.5, 0.6) is 0 Å². The summed E-state index contributed by atoms with van der Waals surface area (Å²) in [4.78, 5) is 14.9. The van der Waals surface area contributed by atoms with E-state index in [-0.39, 0.29) is 5.69 Å². The van der Waals surface area contributed by atoms with Gasteiger partial charge in [-0.2, -0.15) is 4.98 Å². The highest BCUT2D eigenvalue weighted by Crippen LogP contribution is 2.32. The Hall–Kier alpha value is -2.11. The van der Waals surface area contributed by atoms with Gasteiger partial charge in [-0.15, -0.1) is 0 Å². The van der Waals surface area contributed by atoms with Gasteiger partial charge in [0.25, 0.3) is 11.7 Å². The van der Waals surface area contributed by atoms with Gasteiger partial charge in [0.1, 0.15) is 0 Å². The molecule has 1 aromatic carbocycles. The number of aromatic nitrogens is 1. The van der Waals surface area contributed by atoms with E-state index in [1.807, 2.05) is 0 Å². The lowest BCUT2D eigenvalue weighted by atomic mass is 9.83. The molecule has 0 radical (unpaired) electrons. The van der Waals surface area contributed by atoms with E-state index in [2.05, 4.69) is 17.2 Å². The van der Waals surface area contributed by atoms with Gasteiger partial charge in [0.05, 0.1) is 4.92 Å². The molecule has 2 aromatic rings. The summed E-state index contributed by atoms with van der Waals surface area (Å²) in [6.07, 6.45) is 5.91. The average molecular weight is 289 g/mol. The van der Waals surface area contributed by atoms with Gasteiger partial charge < -0.3 is 9.73 Å². The summed E-state index contributed by atoms with van der Waals surface area (Å²) in [6, 6.07) is 5.51. The average Bonchev–Trinajstić information content (AvgIpc) is 2.89. The van der Waals surface area contributed by atoms with Crippen molar-refractivity contribution in [3.63, 3.8) is 0 Å². The van der Waals surface area contributed by atoms with Crippen molar-refractivity contribution in [3.05, 3.63) is 28.3 Å². The highest BCUT2D eigenvalue weighted by molar-refractivity contribution is 5.84. The van der Waals surface area contributed by atoms with E-state index in [0.29, 0.717) is 29.1 Å². The van der Waals surface area contributed by atoms with Gasteiger partial charge in [-0.25, -0.2) is 0 Å². The Morgan fingerprint density at radius 1 is 1.43 bits per heavy atom. The van der Waals surface area contributed by atoms with E-state index in [9.17, 15) is 10.1 Å². The van der Waals surface area contributed by atoms with E-state index in [0.717, 1.165) is 12.8 Å². The van der Waals surface area contributed by atoms with E-state index in [1.165, 1.54) is 25.3 Å². The van der Waals surface area contributed by atoms with E-state index < -0.39 is 4.92 Å². The van der Waals surface area contributed by atoms with Crippen LogP contribution in [-0.4, -0.2) is 15.9 Å². The Balaban J connectivity index is 1.87. The molecule has 2 unspecified atom stereocenters. The molecule has 2 atom stereocenters. The monoisotopic (exact) mass is 289 g/mol. The maximum atomic E-state index is 11.0. The van der Waals surface area contributed by atoms with Crippen LogP contribution in [0.15, 0.2) is 22.6 Å². The molecule has 21 heavy (non-hydrogen) atoms. The number of nitrogens with zero attached hydrogens (tertiary/aromatic N) is 2. The second kappa shape index (κ2) is 5.71. The molecule has 0 bridgehead atoms. The maximum absolute atomic E-state index is 11.0. The van der Waals surface area contributed by atoms with Gasteiger partial charge in [-0.05, 0) is 24.8 Å².